The van der Waals surface area contributed by atoms with Gasteiger partial charge in [0.1, 0.15) is 0 Å². The molecule has 0 aliphatic heterocycles. The summed E-state index contributed by atoms with van der Waals surface area (Å²) in [4.78, 5) is 19.3. The average molecular weight is 218 g/mol. The van der Waals surface area contributed by atoms with Gasteiger partial charge in [-0.3, -0.25) is 4.98 Å². The van der Waals surface area contributed by atoms with Gasteiger partial charge in [0.25, 0.3) is 0 Å². The zero-order valence-corrected chi connectivity index (χ0v) is 8.71. The first-order valence-electron chi connectivity index (χ1n) is 4.84. The molecule has 5 heteroatoms. The van der Waals surface area contributed by atoms with Gasteiger partial charge in [0.2, 0.25) is 0 Å². The van der Waals surface area contributed by atoms with Crippen LogP contribution in [0, 0.1) is 0 Å². The second-order valence-electron chi connectivity index (χ2n) is 2.99. The Kier molecular flexibility index (Phi) is 2.95. The number of carbonyl (C=O) groups is 1. The Morgan fingerprint density at radius 2 is 2.19 bits per heavy atom. The van der Waals surface area contributed by atoms with Crippen LogP contribution < -0.4 is 0 Å². The maximum absolute atomic E-state index is 11.5. The van der Waals surface area contributed by atoms with E-state index < -0.39 is 5.97 Å². The first-order valence-corrected chi connectivity index (χ1v) is 4.84. The van der Waals surface area contributed by atoms with Gasteiger partial charge in [-0.25, -0.2) is 9.78 Å². The lowest BCUT2D eigenvalue weighted by Gasteiger charge is -2.00. The quantitative estimate of drug-likeness (QED) is 0.736. The molecule has 0 aliphatic rings. The third-order valence-electron chi connectivity index (χ3n) is 1.98. The second kappa shape index (κ2) is 4.57. The largest absolute Gasteiger partial charge is 0.461 e. The zero-order chi connectivity index (χ0) is 11.4. The normalized spacial score (nSPS) is 10.1. The van der Waals surface area contributed by atoms with Crippen molar-refractivity contribution in [3.63, 3.8) is 0 Å². The maximum Gasteiger partial charge on any atom is 0.360 e. The van der Waals surface area contributed by atoms with Crippen molar-refractivity contribution in [3.8, 4) is 11.3 Å². The van der Waals surface area contributed by atoms with Crippen LogP contribution in [0.4, 0.5) is 0 Å². The molecule has 0 saturated heterocycles. The summed E-state index contributed by atoms with van der Waals surface area (Å²) in [6.07, 6.45) is 4.46. The lowest BCUT2D eigenvalue weighted by molar-refractivity contribution is 0.0520. The molecule has 0 saturated carbocycles. The molecule has 0 atom stereocenters. The second-order valence-corrected chi connectivity index (χ2v) is 2.99. The molecule has 2 rings (SSSR count). The molecule has 2 heterocycles. The summed E-state index contributed by atoms with van der Waals surface area (Å²) in [5.74, 6) is -0.0797. The SMILES string of the molecule is CCOC(=O)c1ncoc1-c1ccncc1. The number of pyridine rings is 1. The Bertz CT molecular complexity index is 479. The fourth-order valence-corrected chi connectivity index (χ4v) is 1.30. The monoisotopic (exact) mass is 218 g/mol. The molecule has 0 bridgehead atoms. The number of esters is 1. The van der Waals surface area contributed by atoms with Crippen LogP contribution in [0.15, 0.2) is 35.3 Å². The van der Waals surface area contributed by atoms with Crippen molar-refractivity contribution in [2.24, 2.45) is 0 Å². The summed E-state index contributed by atoms with van der Waals surface area (Å²) in [7, 11) is 0. The third kappa shape index (κ3) is 1.93. The molecular weight excluding hydrogens is 208 g/mol. The Morgan fingerprint density at radius 1 is 1.44 bits per heavy atom. The molecule has 0 unspecified atom stereocenters. The van der Waals surface area contributed by atoms with Crippen LogP contribution in [0.2, 0.25) is 0 Å². The molecule has 0 radical (unpaired) electrons. The Labute approximate surface area is 92.1 Å². The van der Waals surface area contributed by atoms with Crippen molar-refractivity contribution in [2.45, 2.75) is 6.92 Å². The number of nitrogens with zero attached hydrogens (tertiary/aromatic N) is 2. The molecule has 0 spiro atoms. The first kappa shape index (κ1) is 10.4. The van der Waals surface area contributed by atoms with Gasteiger partial charge in [-0.1, -0.05) is 0 Å². The van der Waals surface area contributed by atoms with Crippen LogP contribution in [0.5, 0.6) is 0 Å². The van der Waals surface area contributed by atoms with E-state index >= 15 is 0 Å². The van der Waals surface area contributed by atoms with Gasteiger partial charge in [-0.15, -0.1) is 0 Å². The van der Waals surface area contributed by atoms with Gasteiger partial charge < -0.3 is 9.15 Å². The predicted molar refractivity (Wildman–Crippen MR) is 55.7 cm³/mol. The summed E-state index contributed by atoms with van der Waals surface area (Å²) in [5, 5.41) is 0. The van der Waals surface area contributed by atoms with Crippen molar-refractivity contribution in [2.75, 3.05) is 6.61 Å². The number of rotatable bonds is 3. The highest BCUT2D eigenvalue weighted by atomic mass is 16.5. The van der Waals surface area contributed by atoms with Crippen LogP contribution in [-0.4, -0.2) is 22.5 Å². The van der Waals surface area contributed by atoms with Crippen LogP contribution in [0.1, 0.15) is 17.4 Å². The number of hydrogen-bond acceptors (Lipinski definition) is 5. The topological polar surface area (TPSA) is 65.2 Å². The molecule has 82 valence electrons. The number of hydrogen-bond donors (Lipinski definition) is 0. The zero-order valence-electron chi connectivity index (χ0n) is 8.71. The standard InChI is InChI=1S/C11H10N2O3/c1-2-15-11(14)9-10(16-7-13-9)8-3-5-12-6-4-8/h3-7H,2H2,1H3. The summed E-state index contributed by atoms with van der Waals surface area (Å²) < 4.78 is 10.0. The van der Waals surface area contributed by atoms with E-state index in [0.29, 0.717) is 12.4 Å². The minimum Gasteiger partial charge on any atom is -0.461 e. The van der Waals surface area contributed by atoms with Crippen LogP contribution >= 0.6 is 0 Å². The molecular formula is C11H10N2O3. The van der Waals surface area contributed by atoms with Crippen molar-refractivity contribution < 1.29 is 13.9 Å². The van der Waals surface area contributed by atoms with Gasteiger partial charge in [0.05, 0.1) is 6.61 Å². The van der Waals surface area contributed by atoms with Crippen LogP contribution in [0.25, 0.3) is 11.3 Å². The van der Waals surface area contributed by atoms with E-state index in [1.807, 2.05) is 0 Å². The fourth-order valence-electron chi connectivity index (χ4n) is 1.30. The number of oxazole rings is 1. The van der Waals surface area contributed by atoms with Crippen LogP contribution in [0.3, 0.4) is 0 Å². The van der Waals surface area contributed by atoms with Gasteiger partial charge in [-0.2, -0.15) is 0 Å². The van der Waals surface area contributed by atoms with Crippen LogP contribution in [-0.2, 0) is 4.74 Å². The van der Waals surface area contributed by atoms with E-state index in [2.05, 4.69) is 9.97 Å². The minimum atomic E-state index is -0.483. The Morgan fingerprint density at radius 3 is 2.88 bits per heavy atom. The van der Waals surface area contributed by atoms with E-state index in [1.165, 1.54) is 6.39 Å². The van der Waals surface area contributed by atoms with E-state index in [0.717, 1.165) is 5.56 Å². The highest BCUT2D eigenvalue weighted by molar-refractivity contribution is 5.93. The molecule has 0 N–H and O–H groups in total. The van der Waals surface area contributed by atoms with Crippen molar-refractivity contribution in [1.29, 1.82) is 0 Å². The molecule has 0 aliphatic carbocycles. The average Bonchev–Trinajstić information content (AvgIpc) is 2.79. The molecule has 5 nitrogen and oxygen atoms in total. The molecule has 16 heavy (non-hydrogen) atoms. The van der Waals surface area contributed by atoms with Crippen molar-refractivity contribution >= 4 is 5.97 Å². The van der Waals surface area contributed by atoms with E-state index in [1.54, 1.807) is 31.5 Å². The fraction of sp³-hybridized carbons (Fsp3) is 0.182. The van der Waals surface area contributed by atoms with Gasteiger partial charge in [-0.05, 0) is 19.1 Å². The number of carbonyl (C=O) groups excluding carboxylic acids is 1. The molecule has 2 aromatic heterocycles. The van der Waals surface area contributed by atoms with Crippen molar-refractivity contribution in [1.82, 2.24) is 9.97 Å². The Balaban J connectivity index is 2.37. The van der Waals surface area contributed by atoms with Crippen molar-refractivity contribution in [3.05, 3.63) is 36.6 Å². The number of ether oxygens (including phenoxy) is 1. The first-order chi connectivity index (χ1) is 7.83. The summed E-state index contributed by atoms with van der Waals surface area (Å²) >= 11 is 0. The lowest BCUT2D eigenvalue weighted by Crippen LogP contribution is -2.06. The van der Waals surface area contributed by atoms with E-state index in [4.69, 9.17) is 9.15 Å². The molecule has 2 aromatic rings. The minimum absolute atomic E-state index is 0.188. The van der Waals surface area contributed by atoms with E-state index in [9.17, 15) is 4.79 Å². The predicted octanol–water partition coefficient (Wildman–Crippen LogP) is 1.91. The highest BCUT2D eigenvalue weighted by Crippen LogP contribution is 2.22. The smallest absolute Gasteiger partial charge is 0.360 e. The molecule has 0 aromatic carbocycles. The van der Waals surface area contributed by atoms with Gasteiger partial charge in [0.15, 0.2) is 17.8 Å². The maximum atomic E-state index is 11.5. The van der Waals surface area contributed by atoms with Gasteiger partial charge in [0, 0.05) is 18.0 Å². The summed E-state index contributed by atoms with van der Waals surface area (Å²) in [6, 6.07) is 3.48. The highest BCUT2D eigenvalue weighted by Gasteiger charge is 2.18. The summed E-state index contributed by atoms with van der Waals surface area (Å²) in [6.45, 7) is 2.05. The summed E-state index contributed by atoms with van der Waals surface area (Å²) in [5.41, 5.74) is 0.934. The number of aromatic nitrogens is 2. The molecule has 0 amide bonds. The Hall–Kier alpha value is -2.17. The lowest BCUT2D eigenvalue weighted by atomic mass is 10.2. The van der Waals surface area contributed by atoms with Gasteiger partial charge >= 0.3 is 5.97 Å². The van der Waals surface area contributed by atoms with E-state index in [-0.39, 0.29) is 5.69 Å². The molecule has 0 fully saturated rings. The third-order valence-corrected chi connectivity index (χ3v) is 1.98.